The van der Waals surface area contributed by atoms with Gasteiger partial charge in [-0.1, -0.05) is 31.4 Å². The molecule has 7 nitrogen and oxygen atoms in total. The molecule has 1 fully saturated rings. The Morgan fingerprint density at radius 1 is 1.17 bits per heavy atom. The quantitative estimate of drug-likeness (QED) is 0.410. The summed E-state index contributed by atoms with van der Waals surface area (Å²) in [4.78, 5) is 12.5. The van der Waals surface area contributed by atoms with Crippen molar-refractivity contribution in [3.05, 3.63) is 53.9 Å². The molecular weight excluding hydrogens is 410 g/mol. The van der Waals surface area contributed by atoms with Crippen LogP contribution in [-0.2, 0) is 14.8 Å². The summed E-state index contributed by atoms with van der Waals surface area (Å²) < 4.78 is 28.5. The minimum Gasteiger partial charge on any atom is -0.618 e. The Morgan fingerprint density at radius 3 is 2.59 bits per heavy atom. The van der Waals surface area contributed by atoms with E-state index in [1.165, 1.54) is 16.6 Å². The van der Waals surface area contributed by atoms with Gasteiger partial charge >= 0.3 is 0 Å². The van der Waals surface area contributed by atoms with Crippen LogP contribution in [0.5, 0.6) is 0 Å². The van der Waals surface area contributed by atoms with Crippen molar-refractivity contribution in [3.63, 3.8) is 0 Å². The molecule has 29 heavy (non-hydrogen) atoms. The molecule has 1 aliphatic rings. The molecule has 1 aliphatic carbocycles. The summed E-state index contributed by atoms with van der Waals surface area (Å²) in [5, 5.41) is 14.8. The van der Waals surface area contributed by atoms with Crippen molar-refractivity contribution in [1.82, 2.24) is 4.31 Å². The summed E-state index contributed by atoms with van der Waals surface area (Å²) in [6.07, 6.45) is 6.27. The van der Waals surface area contributed by atoms with Gasteiger partial charge in [0, 0.05) is 25.2 Å². The molecule has 0 bridgehead atoms. The van der Waals surface area contributed by atoms with Gasteiger partial charge in [0.2, 0.25) is 15.9 Å². The number of anilines is 1. The van der Waals surface area contributed by atoms with E-state index in [4.69, 9.17) is 0 Å². The van der Waals surface area contributed by atoms with E-state index in [2.05, 4.69) is 5.32 Å². The Labute approximate surface area is 175 Å². The lowest BCUT2D eigenvalue weighted by atomic mass is 9.96. The molecule has 1 heterocycles. The van der Waals surface area contributed by atoms with Crippen molar-refractivity contribution in [2.75, 3.05) is 18.1 Å². The molecule has 0 spiro atoms. The second-order valence-corrected chi connectivity index (χ2v) is 9.97. The highest BCUT2D eigenvalue weighted by molar-refractivity contribution is 7.99. The standard InChI is InChI=1S/C20H25N3O4S2/c1-22(16-9-3-2-4-10-16)29(26,27)18-12-6-5-11-17(18)21-19(24)15-28-20-13-7-8-14-23(20)25/h5-8,11-14,16H,2-4,9-10,15H2,1H3,(H,21,24). The molecule has 0 atom stereocenters. The molecule has 156 valence electrons. The van der Waals surface area contributed by atoms with Crippen molar-refractivity contribution in [3.8, 4) is 0 Å². The maximum absolute atomic E-state index is 13.2. The first-order chi connectivity index (χ1) is 13.9. The zero-order chi connectivity index (χ0) is 20.9. The van der Waals surface area contributed by atoms with E-state index >= 15 is 0 Å². The van der Waals surface area contributed by atoms with Gasteiger partial charge < -0.3 is 10.5 Å². The molecule has 0 unspecified atom stereocenters. The SMILES string of the molecule is CN(C1CCCCC1)S(=O)(=O)c1ccccc1NC(=O)CSc1cccc[n+]1[O-]. The van der Waals surface area contributed by atoms with Crippen LogP contribution in [0.25, 0.3) is 0 Å². The van der Waals surface area contributed by atoms with Gasteiger partial charge in [0.05, 0.1) is 11.4 Å². The molecule has 3 rings (SSSR count). The van der Waals surface area contributed by atoms with Crippen molar-refractivity contribution in [2.45, 2.75) is 48.1 Å². The van der Waals surface area contributed by atoms with E-state index in [0.717, 1.165) is 43.9 Å². The van der Waals surface area contributed by atoms with E-state index in [-0.39, 0.29) is 28.3 Å². The van der Waals surface area contributed by atoms with Crippen LogP contribution in [0.3, 0.4) is 0 Å². The number of amides is 1. The summed E-state index contributed by atoms with van der Waals surface area (Å²) in [7, 11) is -2.12. The summed E-state index contributed by atoms with van der Waals surface area (Å²) in [5.41, 5.74) is 0.254. The van der Waals surface area contributed by atoms with Crippen LogP contribution in [0.15, 0.2) is 58.6 Å². The molecule has 1 N–H and O–H groups in total. The fraction of sp³-hybridized carbons (Fsp3) is 0.400. The van der Waals surface area contributed by atoms with Crippen LogP contribution in [0, 0.1) is 5.21 Å². The maximum Gasteiger partial charge on any atom is 0.251 e. The van der Waals surface area contributed by atoms with Crippen LogP contribution in [-0.4, -0.2) is 37.5 Å². The predicted octanol–water partition coefficient (Wildman–Crippen LogP) is 3.00. The number of sulfonamides is 1. The van der Waals surface area contributed by atoms with E-state index in [0.29, 0.717) is 9.76 Å². The molecule has 1 saturated carbocycles. The predicted molar refractivity (Wildman–Crippen MR) is 113 cm³/mol. The van der Waals surface area contributed by atoms with E-state index in [1.807, 2.05) is 0 Å². The number of nitrogens with one attached hydrogen (secondary N) is 1. The molecule has 1 aromatic carbocycles. The molecule has 0 radical (unpaired) electrons. The molecule has 1 aromatic heterocycles. The number of hydrogen-bond donors (Lipinski definition) is 1. The zero-order valence-electron chi connectivity index (χ0n) is 16.3. The van der Waals surface area contributed by atoms with Gasteiger partial charge in [-0.2, -0.15) is 9.04 Å². The number of nitrogens with zero attached hydrogens (tertiary/aromatic N) is 2. The smallest absolute Gasteiger partial charge is 0.251 e. The third-order valence-electron chi connectivity index (χ3n) is 5.05. The lowest BCUT2D eigenvalue weighted by molar-refractivity contribution is -0.645. The number of para-hydroxylation sites is 1. The van der Waals surface area contributed by atoms with Gasteiger partial charge in [0.1, 0.15) is 4.90 Å². The van der Waals surface area contributed by atoms with Crippen molar-refractivity contribution in [1.29, 1.82) is 0 Å². The Bertz CT molecular complexity index is 960. The molecule has 1 amide bonds. The van der Waals surface area contributed by atoms with Gasteiger partial charge in [-0.15, -0.1) is 0 Å². The number of hydrogen-bond acceptors (Lipinski definition) is 5. The third-order valence-corrected chi connectivity index (χ3v) is 8.03. The molecule has 0 aliphatic heterocycles. The topological polar surface area (TPSA) is 93.4 Å². The van der Waals surface area contributed by atoms with E-state index < -0.39 is 10.0 Å². The minimum atomic E-state index is -3.73. The van der Waals surface area contributed by atoms with Crippen LogP contribution in [0.4, 0.5) is 5.69 Å². The lowest BCUT2D eigenvalue weighted by Gasteiger charge is -2.30. The highest BCUT2D eigenvalue weighted by atomic mass is 32.2. The number of aromatic nitrogens is 1. The van der Waals surface area contributed by atoms with Crippen LogP contribution in [0.1, 0.15) is 32.1 Å². The average Bonchev–Trinajstić information content (AvgIpc) is 2.73. The van der Waals surface area contributed by atoms with Crippen LogP contribution in [0.2, 0.25) is 0 Å². The Balaban J connectivity index is 1.72. The lowest BCUT2D eigenvalue weighted by Crippen LogP contribution is -2.38. The first kappa shape index (κ1) is 21.6. The van der Waals surface area contributed by atoms with E-state index in [9.17, 15) is 18.4 Å². The Kier molecular flexibility index (Phi) is 7.15. The van der Waals surface area contributed by atoms with Gasteiger partial charge in [-0.3, -0.25) is 4.79 Å². The fourth-order valence-corrected chi connectivity index (χ4v) is 5.72. The summed E-state index contributed by atoms with van der Waals surface area (Å²) in [6, 6.07) is 11.4. The highest BCUT2D eigenvalue weighted by Gasteiger charge is 2.31. The second-order valence-electron chi connectivity index (χ2n) is 7.01. The Hall–Kier alpha value is -2.10. The van der Waals surface area contributed by atoms with Crippen molar-refractivity contribution in [2.24, 2.45) is 0 Å². The summed E-state index contributed by atoms with van der Waals surface area (Å²) in [6.45, 7) is 0. The zero-order valence-corrected chi connectivity index (χ0v) is 17.9. The second kappa shape index (κ2) is 9.60. The first-order valence-electron chi connectivity index (χ1n) is 9.57. The van der Waals surface area contributed by atoms with Gasteiger partial charge in [-0.25, -0.2) is 8.42 Å². The van der Waals surface area contributed by atoms with Crippen molar-refractivity contribution >= 4 is 33.4 Å². The van der Waals surface area contributed by atoms with Gasteiger partial charge in [0.15, 0.2) is 6.20 Å². The van der Waals surface area contributed by atoms with Crippen molar-refractivity contribution < 1.29 is 17.9 Å². The molecule has 9 heteroatoms. The van der Waals surface area contributed by atoms with Gasteiger partial charge in [0.25, 0.3) is 5.03 Å². The summed E-state index contributed by atoms with van der Waals surface area (Å²) >= 11 is 1.10. The fourth-order valence-electron chi connectivity index (χ4n) is 3.44. The maximum atomic E-state index is 13.2. The number of pyridine rings is 1. The largest absolute Gasteiger partial charge is 0.618 e. The summed E-state index contributed by atoms with van der Waals surface area (Å²) in [5.74, 6) is -0.374. The normalized spacial score (nSPS) is 15.4. The van der Waals surface area contributed by atoms with E-state index in [1.54, 1.807) is 43.4 Å². The number of carbonyl (C=O) groups excluding carboxylic acids is 1. The van der Waals surface area contributed by atoms with Crippen LogP contribution >= 0.6 is 11.8 Å². The number of carbonyl (C=O) groups is 1. The highest BCUT2D eigenvalue weighted by Crippen LogP contribution is 2.30. The molecular formula is C20H25N3O4S2. The first-order valence-corrected chi connectivity index (χ1v) is 12.0. The number of rotatable bonds is 7. The monoisotopic (exact) mass is 435 g/mol. The van der Waals surface area contributed by atoms with Crippen LogP contribution < -0.4 is 10.0 Å². The number of benzene rings is 1. The Morgan fingerprint density at radius 2 is 1.86 bits per heavy atom. The molecule has 0 saturated heterocycles. The number of thioether (sulfide) groups is 1. The molecule has 2 aromatic rings. The third kappa shape index (κ3) is 5.29. The minimum absolute atomic E-state index is 0.000893. The average molecular weight is 436 g/mol. The van der Waals surface area contributed by atoms with Gasteiger partial charge in [-0.05, 0) is 42.8 Å².